The lowest BCUT2D eigenvalue weighted by Crippen LogP contribution is -2.00. The Kier molecular flexibility index (Phi) is 3.36. The molecule has 0 aliphatic rings. The summed E-state index contributed by atoms with van der Waals surface area (Å²) in [5.74, 6) is 0.512. The van der Waals surface area contributed by atoms with E-state index in [1.54, 1.807) is 17.4 Å². The predicted molar refractivity (Wildman–Crippen MR) is 82.8 cm³/mol. The summed E-state index contributed by atoms with van der Waals surface area (Å²) < 4.78 is 13.6. The second-order valence-corrected chi connectivity index (χ2v) is 6.62. The Morgan fingerprint density at radius 2 is 1.79 bits per heavy atom. The summed E-state index contributed by atoms with van der Waals surface area (Å²) in [5.41, 5.74) is 7.60. The van der Waals surface area contributed by atoms with Crippen molar-refractivity contribution in [2.24, 2.45) is 0 Å². The van der Waals surface area contributed by atoms with Crippen LogP contribution >= 0.6 is 11.3 Å². The quantitative estimate of drug-likeness (QED) is 0.745. The zero-order valence-corrected chi connectivity index (χ0v) is 11.8. The van der Waals surface area contributed by atoms with E-state index in [4.69, 9.17) is 5.73 Å². The maximum atomic E-state index is 12.4. The average molecular weight is 287 g/mol. The first-order valence-corrected chi connectivity index (χ1v) is 8.13. The van der Waals surface area contributed by atoms with Crippen molar-refractivity contribution in [1.29, 1.82) is 0 Å². The Labute approximate surface area is 118 Å². The van der Waals surface area contributed by atoms with Crippen molar-refractivity contribution in [2.75, 3.05) is 5.73 Å². The van der Waals surface area contributed by atoms with Crippen molar-refractivity contribution in [3.05, 3.63) is 59.5 Å². The maximum absolute atomic E-state index is 12.4. The van der Waals surface area contributed by atoms with Crippen LogP contribution in [0.5, 0.6) is 0 Å². The third-order valence-electron chi connectivity index (χ3n) is 3.01. The number of rotatable bonds is 3. The normalized spacial score (nSPS) is 12.6. The van der Waals surface area contributed by atoms with Gasteiger partial charge in [-0.1, -0.05) is 30.3 Å². The molecule has 3 rings (SSSR count). The fraction of sp³-hybridized carbons (Fsp3) is 0.0667. The summed E-state index contributed by atoms with van der Waals surface area (Å²) in [6.45, 7) is 0. The summed E-state index contributed by atoms with van der Waals surface area (Å²) >= 11 is 1.69. The fourth-order valence-corrected chi connectivity index (χ4v) is 4.36. The molecule has 1 atom stereocenters. The lowest BCUT2D eigenvalue weighted by Gasteiger charge is -2.04. The first-order chi connectivity index (χ1) is 9.25. The number of para-hydroxylation sites is 1. The molecule has 0 radical (unpaired) electrons. The standard InChI is InChI=1S/C15H13NOS2/c16-13-6-2-4-8-15(13)19(17)10-11-9-18-14-7-3-1-5-12(11)14/h1-9H,10,16H2. The molecule has 0 saturated carbocycles. The van der Waals surface area contributed by atoms with Crippen molar-refractivity contribution in [3.63, 3.8) is 0 Å². The molecule has 19 heavy (non-hydrogen) atoms. The molecule has 2 aromatic carbocycles. The maximum Gasteiger partial charge on any atom is 0.0620 e. The van der Waals surface area contributed by atoms with Gasteiger partial charge in [0, 0.05) is 10.4 Å². The van der Waals surface area contributed by atoms with E-state index in [0.29, 0.717) is 11.4 Å². The molecular formula is C15H13NOS2. The van der Waals surface area contributed by atoms with E-state index in [2.05, 4.69) is 17.5 Å². The molecule has 1 heterocycles. The minimum Gasteiger partial charge on any atom is -0.398 e. The molecule has 0 bridgehead atoms. The Morgan fingerprint density at radius 1 is 1.05 bits per heavy atom. The Morgan fingerprint density at radius 3 is 2.63 bits per heavy atom. The molecule has 0 spiro atoms. The molecule has 4 heteroatoms. The first kappa shape index (κ1) is 12.4. The summed E-state index contributed by atoms with van der Waals surface area (Å²) in [6.07, 6.45) is 0. The molecular weight excluding hydrogens is 274 g/mol. The van der Waals surface area contributed by atoms with Crippen molar-refractivity contribution >= 4 is 37.9 Å². The fourth-order valence-electron chi connectivity index (χ4n) is 2.05. The molecule has 0 amide bonds. The van der Waals surface area contributed by atoms with Gasteiger partial charge in [-0.2, -0.15) is 0 Å². The summed E-state index contributed by atoms with van der Waals surface area (Å²) in [5, 5.41) is 3.28. The number of nitrogen functional groups attached to an aromatic ring is 1. The van der Waals surface area contributed by atoms with E-state index in [0.717, 1.165) is 10.5 Å². The van der Waals surface area contributed by atoms with Crippen molar-refractivity contribution in [1.82, 2.24) is 0 Å². The average Bonchev–Trinajstić information content (AvgIpc) is 2.83. The number of thiophene rings is 1. The highest BCUT2D eigenvalue weighted by Gasteiger charge is 2.11. The molecule has 0 aliphatic heterocycles. The van der Waals surface area contributed by atoms with E-state index >= 15 is 0 Å². The molecule has 3 aromatic rings. The van der Waals surface area contributed by atoms with E-state index in [9.17, 15) is 4.21 Å². The van der Waals surface area contributed by atoms with Crippen molar-refractivity contribution in [3.8, 4) is 0 Å². The van der Waals surface area contributed by atoms with Gasteiger partial charge in [0.15, 0.2) is 0 Å². The monoisotopic (exact) mass is 287 g/mol. The highest BCUT2D eigenvalue weighted by Crippen LogP contribution is 2.28. The molecule has 1 unspecified atom stereocenters. The molecule has 0 saturated heterocycles. The summed E-state index contributed by atoms with van der Waals surface area (Å²) in [4.78, 5) is 0.720. The lowest BCUT2D eigenvalue weighted by atomic mass is 10.2. The first-order valence-electron chi connectivity index (χ1n) is 5.93. The van der Waals surface area contributed by atoms with Crippen molar-refractivity contribution < 1.29 is 4.21 Å². The minimum absolute atomic E-state index is 0.512. The Balaban J connectivity index is 1.94. The lowest BCUT2D eigenvalue weighted by molar-refractivity contribution is 0.683. The van der Waals surface area contributed by atoms with Gasteiger partial charge in [-0.25, -0.2) is 0 Å². The highest BCUT2D eigenvalue weighted by molar-refractivity contribution is 7.84. The van der Waals surface area contributed by atoms with Gasteiger partial charge < -0.3 is 5.73 Å². The second kappa shape index (κ2) is 5.15. The Hall–Kier alpha value is -1.65. The van der Waals surface area contributed by atoms with Crippen LogP contribution in [0.3, 0.4) is 0 Å². The number of fused-ring (bicyclic) bond motifs is 1. The molecule has 2 nitrogen and oxygen atoms in total. The third-order valence-corrected chi connectivity index (χ3v) is 5.46. The molecule has 1 aromatic heterocycles. The Bertz CT molecular complexity index is 748. The molecule has 0 fully saturated rings. The minimum atomic E-state index is -1.10. The number of hydrogen-bond donors (Lipinski definition) is 1. The summed E-state index contributed by atoms with van der Waals surface area (Å²) in [6, 6.07) is 15.5. The van der Waals surface area contributed by atoms with Gasteiger partial charge in [-0.15, -0.1) is 11.3 Å². The van der Waals surface area contributed by atoms with Gasteiger partial charge in [0.25, 0.3) is 0 Å². The number of benzene rings is 2. The molecule has 0 aliphatic carbocycles. The van der Waals surface area contributed by atoms with Crippen LogP contribution < -0.4 is 5.73 Å². The molecule has 2 N–H and O–H groups in total. The second-order valence-electron chi connectivity index (χ2n) is 4.28. The van der Waals surface area contributed by atoms with Gasteiger partial charge in [-0.05, 0) is 34.5 Å². The highest BCUT2D eigenvalue weighted by atomic mass is 32.2. The molecule has 96 valence electrons. The predicted octanol–water partition coefficient (Wildman–Crippen LogP) is 3.79. The smallest absolute Gasteiger partial charge is 0.0620 e. The van der Waals surface area contributed by atoms with E-state index < -0.39 is 10.8 Å². The number of hydrogen-bond acceptors (Lipinski definition) is 3. The van der Waals surface area contributed by atoms with Crippen LogP contribution in [0.4, 0.5) is 5.69 Å². The van der Waals surface area contributed by atoms with Crippen LogP contribution in [0.25, 0.3) is 10.1 Å². The van der Waals surface area contributed by atoms with Crippen molar-refractivity contribution in [2.45, 2.75) is 10.6 Å². The van der Waals surface area contributed by atoms with Gasteiger partial charge in [0.1, 0.15) is 0 Å². The van der Waals surface area contributed by atoms with E-state index in [1.807, 2.05) is 30.3 Å². The van der Waals surface area contributed by atoms with Gasteiger partial charge >= 0.3 is 0 Å². The van der Waals surface area contributed by atoms with E-state index in [1.165, 1.54) is 10.1 Å². The van der Waals surface area contributed by atoms with Gasteiger partial charge in [0.05, 0.1) is 21.4 Å². The SMILES string of the molecule is Nc1ccccc1S(=O)Cc1csc2ccccc12. The van der Waals surface area contributed by atoms with Crippen LogP contribution in [-0.2, 0) is 16.6 Å². The van der Waals surface area contributed by atoms with Crippen LogP contribution in [0, 0.1) is 0 Å². The van der Waals surface area contributed by atoms with Crippen LogP contribution in [0.1, 0.15) is 5.56 Å². The third kappa shape index (κ3) is 2.41. The van der Waals surface area contributed by atoms with Crippen LogP contribution in [0.2, 0.25) is 0 Å². The van der Waals surface area contributed by atoms with Crippen LogP contribution in [-0.4, -0.2) is 4.21 Å². The zero-order valence-electron chi connectivity index (χ0n) is 10.2. The largest absolute Gasteiger partial charge is 0.398 e. The number of anilines is 1. The van der Waals surface area contributed by atoms with E-state index in [-0.39, 0.29) is 0 Å². The van der Waals surface area contributed by atoms with Gasteiger partial charge in [-0.3, -0.25) is 4.21 Å². The van der Waals surface area contributed by atoms with Crippen LogP contribution in [0.15, 0.2) is 58.8 Å². The van der Waals surface area contributed by atoms with Gasteiger partial charge in [0.2, 0.25) is 0 Å². The zero-order chi connectivity index (χ0) is 13.2. The topological polar surface area (TPSA) is 43.1 Å². The number of nitrogens with two attached hydrogens (primary N) is 1. The summed E-state index contributed by atoms with van der Waals surface area (Å²) in [7, 11) is -1.10.